The molecule has 4 nitrogen and oxygen atoms in total. The zero-order chi connectivity index (χ0) is 12.8. The fourth-order valence-electron chi connectivity index (χ4n) is 0.859. The van der Waals surface area contributed by atoms with E-state index in [1.165, 1.54) is 0 Å². The van der Waals surface area contributed by atoms with Gasteiger partial charge < -0.3 is 10.4 Å². The van der Waals surface area contributed by atoms with Crippen LogP contribution in [0.2, 0.25) is 0 Å². The number of rotatable bonds is 7. The Labute approximate surface area is 101 Å². The number of carboxylic acids is 1. The summed E-state index contributed by atoms with van der Waals surface area (Å²) in [5, 5.41) is 11.6. The molecule has 0 aromatic heterocycles. The second-order valence-electron chi connectivity index (χ2n) is 4.64. The molecule has 0 atom stereocenters. The van der Waals surface area contributed by atoms with Crippen LogP contribution in [0.1, 0.15) is 34.1 Å². The lowest BCUT2D eigenvalue weighted by molar-refractivity contribution is -0.138. The van der Waals surface area contributed by atoms with Crippen LogP contribution in [0.4, 0.5) is 0 Å². The average molecular weight is 247 g/mol. The number of nitrogens with one attached hydrogen (secondary N) is 1. The normalized spacial score (nSPS) is 11.6. The van der Waals surface area contributed by atoms with Crippen LogP contribution in [-0.4, -0.2) is 34.0 Å². The standard InChI is InChI=1S/C11H21NO3S/c1-8(2)5-6-12-9(13)7-16-11(3,4)10(14)15/h8H,5-7H2,1-4H3,(H,12,13)(H,14,15). The Hall–Kier alpha value is -0.710. The minimum atomic E-state index is -0.907. The molecule has 0 rings (SSSR count). The van der Waals surface area contributed by atoms with Gasteiger partial charge in [0.25, 0.3) is 0 Å². The highest BCUT2D eigenvalue weighted by Gasteiger charge is 2.28. The molecule has 0 heterocycles. The van der Waals surface area contributed by atoms with E-state index in [-0.39, 0.29) is 11.7 Å². The first kappa shape index (κ1) is 15.3. The Balaban J connectivity index is 3.77. The second-order valence-corrected chi connectivity index (χ2v) is 6.23. The first-order chi connectivity index (χ1) is 7.25. The maximum absolute atomic E-state index is 11.4. The van der Waals surface area contributed by atoms with Crippen LogP contribution >= 0.6 is 11.8 Å². The van der Waals surface area contributed by atoms with Crippen LogP contribution in [-0.2, 0) is 9.59 Å². The molecule has 0 aliphatic heterocycles. The molecule has 2 N–H and O–H groups in total. The lowest BCUT2D eigenvalue weighted by atomic mass is 10.1. The van der Waals surface area contributed by atoms with Gasteiger partial charge >= 0.3 is 5.97 Å². The smallest absolute Gasteiger partial charge is 0.319 e. The highest BCUT2D eigenvalue weighted by Crippen LogP contribution is 2.23. The van der Waals surface area contributed by atoms with E-state index >= 15 is 0 Å². The summed E-state index contributed by atoms with van der Waals surface area (Å²) in [5.41, 5.74) is 0. The fraction of sp³-hybridized carbons (Fsp3) is 0.818. The quantitative estimate of drug-likeness (QED) is 0.719. The lowest BCUT2D eigenvalue weighted by Crippen LogP contribution is -2.32. The Morgan fingerprint density at radius 2 is 1.94 bits per heavy atom. The Morgan fingerprint density at radius 3 is 2.38 bits per heavy atom. The largest absolute Gasteiger partial charge is 0.480 e. The van der Waals surface area contributed by atoms with E-state index in [2.05, 4.69) is 19.2 Å². The maximum Gasteiger partial charge on any atom is 0.319 e. The van der Waals surface area contributed by atoms with Gasteiger partial charge in [-0.2, -0.15) is 0 Å². The molecule has 0 aliphatic carbocycles. The third kappa shape index (κ3) is 6.71. The van der Waals surface area contributed by atoms with Crippen molar-refractivity contribution in [1.82, 2.24) is 5.32 Å². The summed E-state index contributed by atoms with van der Waals surface area (Å²) in [6, 6.07) is 0. The van der Waals surface area contributed by atoms with Crippen molar-refractivity contribution in [3.63, 3.8) is 0 Å². The van der Waals surface area contributed by atoms with Crippen molar-refractivity contribution in [3.8, 4) is 0 Å². The highest BCUT2D eigenvalue weighted by atomic mass is 32.2. The lowest BCUT2D eigenvalue weighted by Gasteiger charge is -2.17. The molecule has 0 saturated carbocycles. The van der Waals surface area contributed by atoms with E-state index in [9.17, 15) is 9.59 Å². The summed E-state index contributed by atoms with van der Waals surface area (Å²) in [5.74, 6) is -0.243. The topological polar surface area (TPSA) is 66.4 Å². The van der Waals surface area contributed by atoms with Gasteiger partial charge in [0.1, 0.15) is 4.75 Å². The Kier molecular flexibility index (Phi) is 6.48. The molecule has 0 aromatic carbocycles. The van der Waals surface area contributed by atoms with Crippen LogP contribution in [0.15, 0.2) is 0 Å². The van der Waals surface area contributed by atoms with Crippen LogP contribution in [0.5, 0.6) is 0 Å². The van der Waals surface area contributed by atoms with Crippen molar-refractivity contribution in [1.29, 1.82) is 0 Å². The highest BCUT2D eigenvalue weighted by molar-refractivity contribution is 8.01. The van der Waals surface area contributed by atoms with Gasteiger partial charge in [0.05, 0.1) is 5.75 Å². The van der Waals surface area contributed by atoms with Crippen LogP contribution in [0.3, 0.4) is 0 Å². The molecule has 0 saturated heterocycles. The van der Waals surface area contributed by atoms with Gasteiger partial charge in [-0.1, -0.05) is 13.8 Å². The van der Waals surface area contributed by atoms with Gasteiger partial charge in [-0.15, -0.1) is 11.8 Å². The third-order valence-electron chi connectivity index (χ3n) is 2.12. The van der Waals surface area contributed by atoms with Crippen molar-refractivity contribution in [2.45, 2.75) is 38.9 Å². The Morgan fingerprint density at radius 1 is 1.38 bits per heavy atom. The second kappa shape index (κ2) is 6.78. The zero-order valence-electron chi connectivity index (χ0n) is 10.4. The number of hydrogen-bond donors (Lipinski definition) is 2. The molecule has 16 heavy (non-hydrogen) atoms. The van der Waals surface area contributed by atoms with E-state index in [1.54, 1.807) is 13.8 Å². The summed E-state index contributed by atoms with van der Waals surface area (Å²) < 4.78 is -0.907. The summed E-state index contributed by atoms with van der Waals surface area (Å²) in [4.78, 5) is 22.2. The van der Waals surface area contributed by atoms with Gasteiger partial charge in [-0.3, -0.25) is 9.59 Å². The number of thioether (sulfide) groups is 1. The molecule has 0 fully saturated rings. The summed E-state index contributed by atoms with van der Waals surface area (Å²) in [6.07, 6.45) is 0.943. The van der Waals surface area contributed by atoms with Gasteiger partial charge in [0.2, 0.25) is 5.91 Å². The average Bonchev–Trinajstić information content (AvgIpc) is 2.14. The number of carboxylic acid groups (broad SMARTS) is 1. The van der Waals surface area contributed by atoms with Crippen molar-refractivity contribution < 1.29 is 14.7 Å². The van der Waals surface area contributed by atoms with Crippen molar-refractivity contribution in [2.75, 3.05) is 12.3 Å². The van der Waals surface area contributed by atoms with E-state index in [4.69, 9.17) is 5.11 Å². The molecule has 0 aliphatic rings. The van der Waals surface area contributed by atoms with Crippen LogP contribution in [0, 0.1) is 5.92 Å². The van der Waals surface area contributed by atoms with Crippen LogP contribution < -0.4 is 5.32 Å². The molecule has 5 heteroatoms. The van der Waals surface area contributed by atoms with Gasteiger partial charge in [0.15, 0.2) is 0 Å². The van der Waals surface area contributed by atoms with E-state index in [1.807, 2.05) is 0 Å². The summed E-state index contributed by atoms with van der Waals surface area (Å²) in [7, 11) is 0. The van der Waals surface area contributed by atoms with Crippen LogP contribution in [0.25, 0.3) is 0 Å². The SMILES string of the molecule is CC(C)CCNC(=O)CSC(C)(C)C(=O)O. The third-order valence-corrected chi connectivity index (χ3v) is 3.43. The summed E-state index contributed by atoms with van der Waals surface area (Å²) >= 11 is 1.14. The molecule has 0 aromatic rings. The molecule has 0 bridgehead atoms. The van der Waals surface area contributed by atoms with Gasteiger partial charge in [-0.05, 0) is 26.2 Å². The molecular weight excluding hydrogens is 226 g/mol. The number of aliphatic carboxylic acids is 1. The Bertz CT molecular complexity index is 252. The first-order valence-corrected chi connectivity index (χ1v) is 6.38. The predicted octanol–water partition coefficient (Wildman–Crippen LogP) is 1.75. The van der Waals surface area contributed by atoms with Gasteiger partial charge in [-0.25, -0.2) is 0 Å². The van der Waals surface area contributed by atoms with Gasteiger partial charge in [0, 0.05) is 6.54 Å². The van der Waals surface area contributed by atoms with Crippen molar-refractivity contribution >= 4 is 23.6 Å². The van der Waals surface area contributed by atoms with E-state index < -0.39 is 10.7 Å². The molecule has 1 amide bonds. The fourth-order valence-corrected chi connectivity index (χ4v) is 1.58. The first-order valence-electron chi connectivity index (χ1n) is 5.39. The minimum absolute atomic E-state index is 0.0972. The van der Waals surface area contributed by atoms with Crippen molar-refractivity contribution in [2.24, 2.45) is 5.92 Å². The predicted molar refractivity (Wildman–Crippen MR) is 66.6 cm³/mol. The van der Waals surface area contributed by atoms with Crippen molar-refractivity contribution in [3.05, 3.63) is 0 Å². The molecule has 94 valence electrons. The number of carbonyl (C=O) groups is 2. The molecule has 0 radical (unpaired) electrons. The zero-order valence-corrected chi connectivity index (χ0v) is 11.2. The monoisotopic (exact) mass is 247 g/mol. The van der Waals surface area contributed by atoms with E-state index in [0.717, 1.165) is 18.2 Å². The number of carbonyl (C=O) groups excluding carboxylic acids is 1. The minimum Gasteiger partial charge on any atom is -0.480 e. The summed E-state index contributed by atoms with van der Waals surface area (Å²) in [6.45, 7) is 8.04. The molecule has 0 unspecified atom stereocenters. The van der Waals surface area contributed by atoms with E-state index in [0.29, 0.717) is 12.5 Å². The maximum atomic E-state index is 11.4. The number of amides is 1. The molecular formula is C11H21NO3S. The molecule has 0 spiro atoms. The number of hydrogen-bond acceptors (Lipinski definition) is 3.